The van der Waals surface area contributed by atoms with Crippen molar-refractivity contribution in [2.75, 3.05) is 26.2 Å². The van der Waals surface area contributed by atoms with Gasteiger partial charge in [-0.2, -0.15) is 0 Å². The van der Waals surface area contributed by atoms with E-state index >= 15 is 0 Å². The Labute approximate surface area is 172 Å². The Hall–Kier alpha value is -2.15. The Balaban J connectivity index is 1.50. The highest BCUT2D eigenvalue weighted by molar-refractivity contribution is 5.92. The third kappa shape index (κ3) is 4.25. The molecule has 3 fully saturated rings. The zero-order valence-corrected chi connectivity index (χ0v) is 17.8. The zero-order chi connectivity index (χ0) is 20.5. The van der Waals surface area contributed by atoms with E-state index in [1.165, 1.54) is 5.57 Å². The monoisotopic (exact) mass is 399 g/mol. The SMILES string of the molecule is CC(C)=CCN1C[C@H]2C[C@@H](C1)[C@H](CNC(=O)c1cnc(C)[nH]1)N1C(=O)CCC[C@@H]21. The second-order valence-corrected chi connectivity index (χ2v) is 9.18. The molecule has 2 bridgehead atoms. The van der Waals surface area contributed by atoms with E-state index in [1.54, 1.807) is 6.20 Å². The van der Waals surface area contributed by atoms with Gasteiger partial charge in [0.2, 0.25) is 5.91 Å². The van der Waals surface area contributed by atoms with Crippen LogP contribution in [0.4, 0.5) is 0 Å². The number of imidazole rings is 1. The Morgan fingerprint density at radius 3 is 2.86 bits per heavy atom. The fourth-order valence-electron chi connectivity index (χ4n) is 5.42. The number of fused-ring (bicyclic) bond motifs is 4. The molecule has 1 aromatic rings. The highest BCUT2D eigenvalue weighted by Crippen LogP contribution is 2.41. The molecule has 3 saturated heterocycles. The lowest BCUT2D eigenvalue weighted by Gasteiger charge is -2.56. The number of H-pyrrole nitrogens is 1. The smallest absolute Gasteiger partial charge is 0.269 e. The Morgan fingerprint density at radius 2 is 2.14 bits per heavy atom. The quantitative estimate of drug-likeness (QED) is 0.743. The number of carbonyl (C=O) groups excluding carboxylic acids is 2. The van der Waals surface area contributed by atoms with Crippen LogP contribution in [0.1, 0.15) is 55.8 Å². The van der Waals surface area contributed by atoms with Gasteiger partial charge in [-0.3, -0.25) is 14.5 Å². The number of piperidine rings is 3. The van der Waals surface area contributed by atoms with Gasteiger partial charge in [-0.1, -0.05) is 11.6 Å². The van der Waals surface area contributed by atoms with Gasteiger partial charge in [-0.15, -0.1) is 0 Å². The molecule has 3 aliphatic rings. The van der Waals surface area contributed by atoms with Crippen molar-refractivity contribution < 1.29 is 9.59 Å². The Bertz CT molecular complexity index is 797. The first-order chi connectivity index (χ1) is 13.9. The number of carbonyl (C=O) groups is 2. The molecule has 2 N–H and O–H groups in total. The van der Waals surface area contributed by atoms with E-state index in [-0.39, 0.29) is 17.9 Å². The van der Waals surface area contributed by atoms with Crippen molar-refractivity contribution >= 4 is 11.8 Å². The van der Waals surface area contributed by atoms with Gasteiger partial charge in [0, 0.05) is 38.6 Å². The molecule has 2 amide bonds. The van der Waals surface area contributed by atoms with Crippen LogP contribution in [0.25, 0.3) is 0 Å². The van der Waals surface area contributed by atoms with Crippen LogP contribution in [0.2, 0.25) is 0 Å². The maximum Gasteiger partial charge on any atom is 0.269 e. The predicted molar refractivity (Wildman–Crippen MR) is 111 cm³/mol. The molecule has 0 unspecified atom stereocenters. The maximum absolute atomic E-state index is 12.9. The standard InChI is InChI=1S/C22H33N5O2/c1-14(2)7-8-26-12-16-9-17(13-26)20(27-19(16)5-4-6-21(27)28)11-24-22(29)18-10-23-15(3)25-18/h7,10,16-17,19-20H,4-6,8-9,11-13H2,1-3H3,(H,23,25)(H,24,29)/t16-,17+,19+,20+/m1/s1. The molecule has 1 aromatic heterocycles. The first kappa shape index (κ1) is 20.1. The van der Waals surface area contributed by atoms with E-state index < -0.39 is 0 Å². The highest BCUT2D eigenvalue weighted by Gasteiger charge is 2.49. The summed E-state index contributed by atoms with van der Waals surface area (Å²) in [5.41, 5.74) is 1.82. The fraction of sp³-hybridized carbons (Fsp3) is 0.682. The molecular weight excluding hydrogens is 366 g/mol. The zero-order valence-electron chi connectivity index (χ0n) is 17.8. The number of nitrogens with one attached hydrogen (secondary N) is 2. The first-order valence-corrected chi connectivity index (χ1v) is 10.9. The van der Waals surface area contributed by atoms with E-state index in [2.05, 4.69) is 45.0 Å². The average molecular weight is 400 g/mol. The maximum atomic E-state index is 12.9. The Morgan fingerprint density at radius 1 is 1.34 bits per heavy atom. The summed E-state index contributed by atoms with van der Waals surface area (Å²) in [6.07, 6.45) is 7.73. The second kappa shape index (κ2) is 8.30. The van der Waals surface area contributed by atoms with Gasteiger partial charge in [-0.05, 0) is 51.9 Å². The summed E-state index contributed by atoms with van der Waals surface area (Å²) in [6, 6.07) is 0.393. The van der Waals surface area contributed by atoms with Crippen LogP contribution in [0.5, 0.6) is 0 Å². The van der Waals surface area contributed by atoms with Crippen molar-refractivity contribution in [3.05, 3.63) is 29.4 Å². The normalized spacial score (nSPS) is 29.3. The van der Waals surface area contributed by atoms with Crippen LogP contribution in [0.3, 0.4) is 0 Å². The van der Waals surface area contributed by atoms with Gasteiger partial charge in [0.05, 0.1) is 12.2 Å². The van der Waals surface area contributed by atoms with Crippen molar-refractivity contribution in [3.8, 4) is 0 Å². The van der Waals surface area contributed by atoms with E-state index in [4.69, 9.17) is 0 Å². The third-order valence-corrected chi connectivity index (χ3v) is 6.75. The number of aryl methyl sites for hydroxylation is 1. The fourth-order valence-corrected chi connectivity index (χ4v) is 5.42. The molecule has 0 saturated carbocycles. The van der Waals surface area contributed by atoms with Gasteiger partial charge in [0.15, 0.2) is 0 Å². The summed E-state index contributed by atoms with van der Waals surface area (Å²) < 4.78 is 0. The van der Waals surface area contributed by atoms with E-state index in [0.29, 0.717) is 36.5 Å². The predicted octanol–water partition coefficient (Wildman–Crippen LogP) is 2.12. The van der Waals surface area contributed by atoms with Crippen molar-refractivity contribution in [3.63, 3.8) is 0 Å². The lowest BCUT2D eigenvalue weighted by molar-refractivity contribution is -0.152. The summed E-state index contributed by atoms with van der Waals surface area (Å²) in [5.74, 6) is 1.80. The largest absolute Gasteiger partial charge is 0.349 e. The van der Waals surface area contributed by atoms with Gasteiger partial charge >= 0.3 is 0 Å². The topological polar surface area (TPSA) is 81.3 Å². The van der Waals surface area contributed by atoms with E-state index in [0.717, 1.165) is 44.7 Å². The second-order valence-electron chi connectivity index (χ2n) is 9.18. The summed E-state index contributed by atoms with van der Waals surface area (Å²) in [6.45, 7) is 9.65. The van der Waals surface area contributed by atoms with E-state index in [9.17, 15) is 9.59 Å². The molecule has 0 aliphatic carbocycles. The lowest BCUT2D eigenvalue weighted by Crippen LogP contribution is -2.67. The summed E-state index contributed by atoms with van der Waals surface area (Å²) in [5, 5.41) is 3.07. The number of aromatic amines is 1. The van der Waals surface area contributed by atoms with Crippen LogP contribution in [0.15, 0.2) is 17.8 Å². The van der Waals surface area contributed by atoms with Crippen LogP contribution < -0.4 is 5.32 Å². The highest BCUT2D eigenvalue weighted by atomic mass is 16.2. The molecule has 0 spiro atoms. The molecule has 3 aliphatic heterocycles. The number of allylic oxidation sites excluding steroid dienone is 1. The molecule has 0 aromatic carbocycles. The van der Waals surface area contributed by atoms with E-state index in [1.807, 2.05) is 6.92 Å². The molecule has 0 radical (unpaired) electrons. The molecular formula is C22H33N5O2. The molecule has 4 atom stereocenters. The minimum absolute atomic E-state index is 0.0755. The first-order valence-electron chi connectivity index (χ1n) is 10.9. The number of amides is 2. The summed E-state index contributed by atoms with van der Waals surface area (Å²) >= 11 is 0. The van der Waals surface area contributed by atoms with Crippen molar-refractivity contribution in [2.24, 2.45) is 11.8 Å². The number of rotatable bonds is 5. The number of likely N-dealkylation sites (tertiary alicyclic amines) is 1. The van der Waals surface area contributed by atoms with Gasteiger partial charge in [-0.25, -0.2) is 4.98 Å². The molecule has 158 valence electrons. The van der Waals surface area contributed by atoms with Gasteiger partial charge < -0.3 is 15.2 Å². The molecule has 4 rings (SSSR count). The molecule has 7 heteroatoms. The summed E-state index contributed by atoms with van der Waals surface area (Å²) in [4.78, 5) is 37.2. The molecule has 29 heavy (non-hydrogen) atoms. The minimum atomic E-state index is -0.147. The summed E-state index contributed by atoms with van der Waals surface area (Å²) in [7, 11) is 0. The minimum Gasteiger partial charge on any atom is -0.349 e. The number of hydrogen-bond donors (Lipinski definition) is 2. The third-order valence-electron chi connectivity index (χ3n) is 6.75. The average Bonchev–Trinajstić information content (AvgIpc) is 3.13. The number of aromatic nitrogens is 2. The van der Waals surface area contributed by atoms with Crippen LogP contribution in [-0.4, -0.2) is 69.8 Å². The van der Waals surface area contributed by atoms with Crippen LogP contribution in [0, 0.1) is 18.8 Å². The van der Waals surface area contributed by atoms with Gasteiger partial charge in [0.25, 0.3) is 5.91 Å². The number of hydrogen-bond acceptors (Lipinski definition) is 4. The van der Waals surface area contributed by atoms with Crippen LogP contribution in [-0.2, 0) is 4.79 Å². The van der Waals surface area contributed by atoms with Gasteiger partial charge in [0.1, 0.15) is 11.5 Å². The van der Waals surface area contributed by atoms with Crippen molar-refractivity contribution in [1.82, 2.24) is 25.1 Å². The van der Waals surface area contributed by atoms with Crippen molar-refractivity contribution in [2.45, 2.75) is 58.5 Å². The van der Waals surface area contributed by atoms with Crippen LogP contribution >= 0.6 is 0 Å². The van der Waals surface area contributed by atoms with Crippen molar-refractivity contribution in [1.29, 1.82) is 0 Å². The Kier molecular flexibility index (Phi) is 5.76. The molecule has 4 heterocycles. The lowest BCUT2D eigenvalue weighted by atomic mass is 9.72. The number of nitrogens with zero attached hydrogens (tertiary/aromatic N) is 3. The molecule has 7 nitrogen and oxygen atoms in total.